The second-order valence-electron chi connectivity index (χ2n) is 5.17. The third kappa shape index (κ3) is 12.5. The summed E-state index contributed by atoms with van der Waals surface area (Å²) in [4.78, 5) is 0. The smallest absolute Gasteiger partial charge is 0.0624 e. The number of benzene rings is 1. The molecule has 1 unspecified atom stereocenters. The van der Waals surface area contributed by atoms with E-state index in [1.54, 1.807) is 12.1 Å². The van der Waals surface area contributed by atoms with Crippen molar-refractivity contribution in [1.29, 1.82) is 0 Å². The zero-order valence-corrected chi connectivity index (χ0v) is 18.3. The van der Waals surface area contributed by atoms with Crippen LogP contribution in [0.2, 0.25) is 13.1 Å². The Morgan fingerprint density at radius 1 is 1.05 bits per heavy atom. The average molecular weight is 390 g/mol. The Morgan fingerprint density at radius 2 is 1.45 bits per heavy atom. The SMILES string of the molecule is CC1=[C-]C(C)C(C)=C1C.C[Si](C)=[Ti+2].[Cl-].[Cl-].[NH-]c1ccccc1. The molecular weight excluding hydrogens is 365 g/mol. The van der Waals surface area contributed by atoms with Crippen LogP contribution in [0.3, 0.4) is 0 Å². The Morgan fingerprint density at radius 3 is 1.59 bits per heavy atom. The quantitative estimate of drug-likeness (QED) is 0.436. The van der Waals surface area contributed by atoms with Crippen molar-refractivity contribution in [1.82, 2.24) is 0 Å². The van der Waals surface area contributed by atoms with Gasteiger partial charge in [0, 0.05) is 0 Å². The van der Waals surface area contributed by atoms with Crippen LogP contribution < -0.4 is 24.8 Å². The molecule has 0 saturated heterocycles. The molecule has 1 aromatic rings. The molecule has 0 bridgehead atoms. The fourth-order valence-corrected chi connectivity index (χ4v) is 1.60. The number of nitrogens with one attached hydrogen (secondary N) is 1. The van der Waals surface area contributed by atoms with Gasteiger partial charge in [-0.3, -0.25) is 6.08 Å². The predicted molar refractivity (Wildman–Crippen MR) is 87.9 cm³/mol. The Balaban J connectivity index is -0.000000252. The molecule has 0 saturated carbocycles. The van der Waals surface area contributed by atoms with Crippen molar-refractivity contribution in [2.24, 2.45) is 5.92 Å². The Kier molecular flexibility index (Phi) is 17.8. The standard InChI is InChI=1S/C9H13.C6H6N.C2H6Si.2ClH.Ti/c1-6-5-7(2)9(4)8(6)3;7-6-4-2-1-3-5-6;1-3-2;;;/h6H,1-4H3;1-5,7H;1-2H3;2*1H;/q2*-1;;;;+2/p-2. The van der Waals surface area contributed by atoms with E-state index in [2.05, 4.69) is 66.0 Å². The first kappa shape index (κ1) is 26.9. The zero-order chi connectivity index (χ0) is 15.7. The first-order chi connectivity index (χ1) is 9.25. The fourth-order valence-electron chi connectivity index (χ4n) is 1.60. The summed E-state index contributed by atoms with van der Waals surface area (Å²) in [5, 5.41) is 0. The number of hydrogen-bond acceptors (Lipinski definition) is 0. The largest absolute Gasteiger partial charge is 1.00 e. The molecule has 0 radical (unpaired) electrons. The Hall–Kier alpha value is 0.0112. The molecule has 0 aliphatic heterocycles. The van der Waals surface area contributed by atoms with E-state index < -0.39 is 0 Å². The monoisotopic (exact) mass is 389 g/mol. The van der Waals surface area contributed by atoms with Crippen LogP contribution in [-0.4, -0.2) is 6.19 Å². The summed E-state index contributed by atoms with van der Waals surface area (Å²) in [6.45, 7) is 13.2. The van der Waals surface area contributed by atoms with E-state index in [9.17, 15) is 0 Å². The van der Waals surface area contributed by atoms with Crippen molar-refractivity contribution in [3.63, 3.8) is 0 Å². The van der Waals surface area contributed by atoms with Gasteiger partial charge in [0.2, 0.25) is 0 Å². The molecule has 5 heteroatoms. The van der Waals surface area contributed by atoms with Gasteiger partial charge in [-0.25, -0.2) is 5.57 Å². The number of allylic oxidation sites excluding steroid dienone is 4. The van der Waals surface area contributed by atoms with Crippen LogP contribution in [0, 0.1) is 12.0 Å². The summed E-state index contributed by atoms with van der Waals surface area (Å²) in [6, 6.07) is 9.10. The van der Waals surface area contributed by atoms with Gasteiger partial charge in [0.1, 0.15) is 0 Å². The van der Waals surface area contributed by atoms with Crippen molar-refractivity contribution >= 4 is 11.9 Å². The molecule has 0 heterocycles. The van der Waals surface area contributed by atoms with E-state index in [-0.39, 0.29) is 31.0 Å². The van der Waals surface area contributed by atoms with Crippen molar-refractivity contribution in [3.8, 4) is 0 Å². The molecule has 1 nitrogen and oxygen atoms in total. The van der Waals surface area contributed by atoms with Crippen molar-refractivity contribution in [2.75, 3.05) is 0 Å². The van der Waals surface area contributed by atoms with Crippen LogP contribution >= 0.6 is 0 Å². The van der Waals surface area contributed by atoms with E-state index in [0.29, 0.717) is 11.6 Å². The van der Waals surface area contributed by atoms with E-state index in [1.165, 1.54) is 16.7 Å². The maximum Gasteiger partial charge on any atom is -0.0624 e. The molecule has 1 aliphatic carbocycles. The second-order valence-corrected chi connectivity index (χ2v) is 11.8. The zero-order valence-electron chi connectivity index (χ0n) is 14.2. The molecule has 2 rings (SSSR count). The first-order valence-corrected chi connectivity index (χ1v) is 11.7. The normalized spacial score (nSPS) is 15.1. The van der Waals surface area contributed by atoms with Crippen LogP contribution in [0.25, 0.3) is 5.73 Å². The predicted octanol–water partition coefficient (Wildman–Crippen LogP) is -0.115. The van der Waals surface area contributed by atoms with Gasteiger partial charge in [-0.1, -0.05) is 57.0 Å². The molecular formula is C17H25Cl2NSiTi-2. The van der Waals surface area contributed by atoms with Crippen molar-refractivity contribution in [3.05, 3.63) is 58.9 Å². The number of hydrogen-bond donors (Lipinski definition) is 0. The van der Waals surface area contributed by atoms with E-state index in [0.717, 1.165) is 0 Å². The minimum Gasteiger partial charge on any atom is -1.00 e. The molecule has 1 aromatic carbocycles. The number of rotatable bonds is 0. The van der Waals surface area contributed by atoms with Crippen LogP contribution in [0.15, 0.2) is 47.1 Å². The maximum absolute atomic E-state index is 7.00. The van der Waals surface area contributed by atoms with Crippen LogP contribution in [0.4, 0.5) is 5.69 Å². The van der Waals surface area contributed by atoms with Crippen molar-refractivity contribution < 1.29 is 44.0 Å². The van der Waals surface area contributed by atoms with E-state index in [1.807, 2.05) is 18.2 Å². The fraction of sp³-hybridized carbons (Fsp3) is 0.412. The first-order valence-electron chi connectivity index (χ1n) is 6.82. The van der Waals surface area contributed by atoms with E-state index >= 15 is 0 Å². The van der Waals surface area contributed by atoms with Gasteiger partial charge in [-0.05, 0) is 0 Å². The molecule has 0 aromatic heterocycles. The molecule has 1 N–H and O–H groups in total. The molecule has 22 heavy (non-hydrogen) atoms. The summed E-state index contributed by atoms with van der Waals surface area (Å²) >= 11 is 2.27. The van der Waals surface area contributed by atoms with Crippen molar-refractivity contribution in [2.45, 2.75) is 40.8 Å². The Bertz CT molecular complexity index is 495. The van der Waals surface area contributed by atoms with E-state index in [4.69, 9.17) is 5.73 Å². The van der Waals surface area contributed by atoms with Gasteiger partial charge in [0.15, 0.2) is 0 Å². The van der Waals surface area contributed by atoms with Gasteiger partial charge >= 0.3 is 38.5 Å². The van der Waals surface area contributed by atoms with Gasteiger partial charge in [0.25, 0.3) is 0 Å². The summed E-state index contributed by atoms with van der Waals surface area (Å²) in [7, 11) is 0. The average Bonchev–Trinajstić information content (AvgIpc) is 2.57. The van der Waals surface area contributed by atoms with Gasteiger partial charge in [0.05, 0.1) is 0 Å². The summed E-state index contributed by atoms with van der Waals surface area (Å²) in [6.07, 6.45) is 3.48. The summed E-state index contributed by atoms with van der Waals surface area (Å²) in [5.74, 6) is 0.560. The summed E-state index contributed by atoms with van der Waals surface area (Å²) in [5.41, 5.74) is 11.8. The third-order valence-electron chi connectivity index (χ3n) is 3.01. The van der Waals surface area contributed by atoms with Gasteiger partial charge in [-0.15, -0.1) is 12.6 Å². The van der Waals surface area contributed by atoms with Crippen LogP contribution in [0.1, 0.15) is 27.7 Å². The number of halogens is 2. The molecule has 1 atom stereocenters. The topological polar surface area (TPSA) is 23.8 Å². The maximum atomic E-state index is 7.00. The second kappa shape index (κ2) is 14.6. The molecule has 122 valence electrons. The Labute approximate surface area is 160 Å². The van der Waals surface area contributed by atoms with Gasteiger partial charge < -0.3 is 30.5 Å². The van der Waals surface area contributed by atoms with Crippen LogP contribution in [0.5, 0.6) is 0 Å². The molecule has 0 amide bonds. The molecule has 0 fully saturated rings. The van der Waals surface area contributed by atoms with Crippen LogP contribution in [-0.2, 0) is 19.2 Å². The van der Waals surface area contributed by atoms with Gasteiger partial charge in [-0.2, -0.15) is 11.1 Å². The minimum atomic E-state index is 0. The molecule has 1 aliphatic rings. The minimum absolute atomic E-state index is 0. The third-order valence-corrected chi connectivity index (χ3v) is 3.01. The molecule has 0 spiro atoms. The summed E-state index contributed by atoms with van der Waals surface area (Å²) < 4.78 is 0.